The second kappa shape index (κ2) is 10.7. The van der Waals surface area contributed by atoms with Gasteiger partial charge in [-0.25, -0.2) is 4.79 Å². The Morgan fingerprint density at radius 2 is 1.43 bits per heavy atom. The van der Waals surface area contributed by atoms with Crippen molar-refractivity contribution in [2.24, 2.45) is 0 Å². The molecular formula is C29H26N2O4. The van der Waals surface area contributed by atoms with Crippen molar-refractivity contribution in [2.45, 2.75) is 13.0 Å². The van der Waals surface area contributed by atoms with Gasteiger partial charge in [0.1, 0.15) is 0 Å². The van der Waals surface area contributed by atoms with E-state index in [2.05, 4.69) is 5.32 Å². The zero-order valence-electron chi connectivity index (χ0n) is 19.6. The highest BCUT2D eigenvalue weighted by molar-refractivity contribution is 6.12. The van der Waals surface area contributed by atoms with Crippen LogP contribution in [0.3, 0.4) is 0 Å². The minimum Gasteiger partial charge on any atom is -0.452 e. The van der Waals surface area contributed by atoms with Gasteiger partial charge in [-0.2, -0.15) is 0 Å². The van der Waals surface area contributed by atoms with Gasteiger partial charge in [0.25, 0.3) is 11.8 Å². The molecule has 176 valence electrons. The third-order valence-corrected chi connectivity index (χ3v) is 5.83. The number of hydrogen-bond acceptors (Lipinski definition) is 4. The van der Waals surface area contributed by atoms with Crippen molar-refractivity contribution >= 4 is 34.2 Å². The zero-order chi connectivity index (χ0) is 24.8. The van der Waals surface area contributed by atoms with Crippen LogP contribution in [0, 0.1) is 0 Å². The minimum absolute atomic E-state index is 0.107. The lowest BCUT2D eigenvalue weighted by atomic mass is 10.00. The molecule has 0 aliphatic carbocycles. The first kappa shape index (κ1) is 23.7. The van der Waals surface area contributed by atoms with Crippen LogP contribution in [0.5, 0.6) is 0 Å². The Morgan fingerprint density at radius 1 is 0.800 bits per heavy atom. The Hall–Kier alpha value is -4.45. The molecule has 4 rings (SSSR count). The van der Waals surface area contributed by atoms with Gasteiger partial charge in [-0.3, -0.25) is 9.59 Å². The summed E-state index contributed by atoms with van der Waals surface area (Å²) in [6.45, 7) is 1.43. The summed E-state index contributed by atoms with van der Waals surface area (Å²) in [5.41, 5.74) is 1.98. The zero-order valence-corrected chi connectivity index (χ0v) is 19.6. The molecule has 4 aromatic rings. The molecule has 6 nitrogen and oxygen atoms in total. The minimum atomic E-state index is -0.733. The fourth-order valence-corrected chi connectivity index (χ4v) is 3.99. The molecule has 0 heterocycles. The van der Waals surface area contributed by atoms with E-state index in [0.29, 0.717) is 5.69 Å². The summed E-state index contributed by atoms with van der Waals surface area (Å²) in [6, 6.07) is 29.1. The number of ether oxygens (including phenoxy) is 1. The number of rotatable bonds is 7. The molecule has 1 atom stereocenters. The maximum Gasteiger partial charge on any atom is 0.339 e. The van der Waals surface area contributed by atoms with Crippen molar-refractivity contribution in [1.82, 2.24) is 5.32 Å². The van der Waals surface area contributed by atoms with Crippen molar-refractivity contribution in [3.8, 4) is 0 Å². The fraction of sp³-hybridized carbons (Fsp3) is 0.138. The number of carbonyl (C=O) groups excluding carboxylic acids is 3. The van der Waals surface area contributed by atoms with Crippen LogP contribution in [-0.4, -0.2) is 31.4 Å². The summed E-state index contributed by atoms with van der Waals surface area (Å²) < 4.78 is 5.27. The first-order valence-corrected chi connectivity index (χ1v) is 11.3. The van der Waals surface area contributed by atoms with Crippen LogP contribution in [0.25, 0.3) is 10.8 Å². The third-order valence-electron chi connectivity index (χ3n) is 5.83. The van der Waals surface area contributed by atoms with E-state index in [1.807, 2.05) is 67.6 Å². The van der Waals surface area contributed by atoms with Crippen molar-refractivity contribution in [3.05, 3.63) is 114 Å². The Labute approximate surface area is 204 Å². The van der Waals surface area contributed by atoms with Crippen molar-refractivity contribution in [2.75, 3.05) is 18.6 Å². The van der Waals surface area contributed by atoms with Gasteiger partial charge in [0.2, 0.25) is 0 Å². The summed E-state index contributed by atoms with van der Waals surface area (Å²) >= 11 is 0. The fourth-order valence-electron chi connectivity index (χ4n) is 3.99. The largest absolute Gasteiger partial charge is 0.452 e. The molecule has 0 radical (unpaired) electrons. The van der Waals surface area contributed by atoms with Crippen molar-refractivity contribution < 1.29 is 19.1 Å². The van der Waals surface area contributed by atoms with Crippen LogP contribution < -0.4 is 10.2 Å². The number of hydrogen-bond donors (Lipinski definition) is 1. The molecule has 0 aliphatic heterocycles. The number of nitrogens with one attached hydrogen (secondary N) is 1. The molecule has 0 aromatic heterocycles. The van der Waals surface area contributed by atoms with Gasteiger partial charge in [0, 0.05) is 12.7 Å². The lowest BCUT2D eigenvalue weighted by Crippen LogP contribution is -2.32. The highest BCUT2D eigenvalue weighted by Gasteiger charge is 2.22. The van der Waals surface area contributed by atoms with Gasteiger partial charge in [-0.15, -0.1) is 0 Å². The molecule has 0 aliphatic rings. The van der Waals surface area contributed by atoms with E-state index in [4.69, 9.17) is 4.74 Å². The molecule has 0 saturated heterocycles. The normalized spacial score (nSPS) is 11.5. The number of esters is 1. The molecule has 1 N–H and O–H groups in total. The van der Waals surface area contributed by atoms with Crippen molar-refractivity contribution in [3.63, 3.8) is 0 Å². The number of nitrogens with zero attached hydrogens (tertiary/aromatic N) is 1. The van der Waals surface area contributed by atoms with E-state index in [9.17, 15) is 14.4 Å². The molecule has 6 heteroatoms. The summed E-state index contributed by atoms with van der Waals surface area (Å²) in [5.74, 6) is -1.51. The van der Waals surface area contributed by atoms with E-state index >= 15 is 0 Å². The van der Waals surface area contributed by atoms with Gasteiger partial charge in [0.15, 0.2) is 6.61 Å². The van der Waals surface area contributed by atoms with E-state index < -0.39 is 18.5 Å². The predicted octanol–water partition coefficient (Wildman–Crippen LogP) is 5.15. The van der Waals surface area contributed by atoms with Crippen LogP contribution in [0.15, 0.2) is 97.1 Å². The molecule has 2 amide bonds. The van der Waals surface area contributed by atoms with E-state index in [1.165, 1.54) is 11.0 Å². The van der Waals surface area contributed by atoms with E-state index in [-0.39, 0.29) is 23.1 Å². The summed E-state index contributed by atoms with van der Waals surface area (Å²) in [4.78, 5) is 39.9. The van der Waals surface area contributed by atoms with Crippen LogP contribution >= 0.6 is 0 Å². The summed E-state index contributed by atoms with van der Waals surface area (Å²) in [5, 5.41) is 5.01. The number of amides is 2. The molecule has 35 heavy (non-hydrogen) atoms. The Balaban J connectivity index is 1.41. The molecule has 1 unspecified atom stereocenters. The predicted molar refractivity (Wildman–Crippen MR) is 136 cm³/mol. The van der Waals surface area contributed by atoms with Crippen LogP contribution in [0.4, 0.5) is 5.69 Å². The lowest BCUT2D eigenvalue weighted by Gasteiger charge is -2.19. The maximum atomic E-state index is 13.1. The second-order valence-electron chi connectivity index (χ2n) is 8.18. The lowest BCUT2D eigenvalue weighted by molar-refractivity contribution is -0.124. The molecule has 0 saturated carbocycles. The van der Waals surface area contributed by atoms with Gasteiger partial charge in [-0.1, -0.05) is 72.8 Å². The van der Waals surface area contributed by atoms with Crippen molar-refractivity contribution in [1.29, 1.82) is 0 Å². The second-order valence-corrected chi connectivity index (χ2v) is 8.18. The molecular weight excluding hydrogens is 440 g/mol. The first-order valence-electron chi connectivity index (χ1n) is 11.3. The topological polar surface area (TPSA) is 75.7 Å². The maximum absolute atomic E-state index is 13.1. The van der Waals surface area contributed by atoms with E-state index in [1.54, 1.807) is 37.4 Å². The summed E-state index contributed by atoms with van der Waals surface area (Å²) in [7, 11) is 1.64. The monoisotopic (exact) mass is 466 g/mol. The molecule has 0 fully saturated rings. The van der Waals surface area contributed by atoms with Gasteiger partial charge in [-0.05, 0) is 47.5 Å². The highest BCUT2D eigenvalue weighted by atomic mass is 16.5. The Bertz CT molecular complexity index is 1360. The standard InChI is InChI=1S/C29H26N2O4/c1-20(23-18-10-12-21-11-6-7-15-24(21)23)30-27(32)19-35-29(34)26-17-9-8-16-25(26)28(33)31(2)22-13-4-3-5-14-22/h3-18,20H,19H2,1-2H3,(H,30,32). The van der Waals surface area contributed by atoms with Gasteiger partial charge < -0.3 is 15.0 Å². The Kier molecular flexibility index (Phi) is 7.21. The SMILES string of the molecule is CC(NC(=O)COC(=O)c1ccccc1C(=O)N(C)c1ccccc1)c1cccc2ccccc12. The smallest absolute Gasteiger partial charge is 0.339 e. The summed E-state index contributed by atoms with van der Waals surface area (Å²) in [6.07, 6.45) is 0. The van der Waals surface area contributed by atoms with Crippen LogP contribution in [0.2, 0.25) is 0 Å². The number of benzene rings is 4. The quantitative estimate of drug-likeness (QED) is 0.382. The van der Waals surface area contributed by atoms with E-state index in [0.717, 1.165) is 16.3 Å². The average Bonchev–Trinajstić information content (AvgIpc) is 2.91. The molecule has 0 spiro atoms. The number of fused-ring (bicyclic) bond motifs is 1. The van der Waals surface area contributed by atoms with Crippen LogP contribution in [0.1, 0.15) is 39.2 Å². The number of carbonyl (C=O) groups is 3. The molecule has 4 aromatic carbocycles. The van der Waals surface area contributed by atoms with Gasteiger partial charge in [0.05, 0.1) is 17.2 Å². The highest BCUT2D eigenvalue weighted by Crippen LogP contribution is 2.24. The van der Waals surface area contributed by atoms with Crippen LogP contribution in [-0.2, 0) is 9.53 Å². The molecule has 0 bridgehead atoms. The first-order chi connectivity index (χ1) is 17.0. The Morgan fingerprint density at radius 3 is 2.20 bits per heavy atom. The third kappa shape index (κ3) is 5.38. The number of anilines is 1. The number of para-hydroxylation sites is 1. The van der Waals surface area contributed by atoms with Gasteiger partial charge >= 0.3 is 5.97 Å². The average molecular weight is 467 g/mol.